The molecular weight excluding hydrogens is 216 g/mol. The quantitative estimate of drug-likeness (QED) is 0.261. The number of hydrogen-bond donors (Lipinski definition) is 0. The van der Waals surface area contributed by atoms with Crippen LogP contribution < -0.4 is 0 Å². The highest BCUT2D eigenvalue weighted by molar-refractivity contribution is 5.10. The van der Waals surface area contributed by atoms with Crippen LogP contribution in [0.15, 0.2) is 49.6 Å². The first-order valence-corrected chi connectivity index (χ1v) is 7.31. The van der Waals surface area contributed by atoms with Crippen LogP contribution in [0.4, 0.5) is 0 Å². The summed E-state index contributed by atoms with van der Waals surface area (Å²) >= 11 is 0. The average molecular weight is 246 g/mol. The minimum atomic E-state index is 1.12. The zero-order valence-corrected chi connectivity index (χ0v) is 12.1. The van der Waals surface area contributed by atoms with Gasteiger partial charge in [-0.25, -0.2) is 0 Å². The summed E-state index contributed by atoms with van der Waals surface area (Å²) in [6.07, 6.45) is 16.7. The van der Waals surface area contributed by atoms with Gasteiger partial charge in [0.25, 0.3) is 0 Å². The molecule has 0 N–H and O–H groups in total. The number of allylic oxidation sites excluding steroid dienone is 4. The second-order valence-electron chi connectivity index (χ2n) is 5.05. The van der Waals surface area contributed by atoms with Crippen LogP contribution in [-0.4, -0.2) is 0 Å². The molecule has 0 saturated carbocycles. The lowest BCUT2D eigenvalue weighted by atomic mass is 10.0. The molecule has 0 heterocycles. The lowest BCUT2D eigenvalue weighted by Crippen LogP contribution is -1.83. The monoisotopic (exact) mass is 246 g/mol. The summed E-state index contributed by atoms with van der Waals surface area (Å²) in [5.41, 5.74) is 2.36. The molecule has 0 aliphatic heterocycles. The summed E-state index contributed by atoms with van der Waals surface area (Å²) in [4.78, 5) is 0. The third-order valence-corrected chi connectivity index (χ3v) is 3.32. The molecular formula is C18H30. The Kier molecular flexibility index (Phi) is 11.7. The maximum Gasteiger partial charge on any atom is -0.0285 e. The van der Waals surface area contributed by atoms with Crippen LogP contribution in [0, 0.1) is 0 Å². The Hall–Kier alpha value is -1.04. The lowest BCUT2D eigenvalue weighted by Gasteiger charge is -2.03. The molecule has 0 amide bonds. The molecule has 0 radical (unpaired) electrons. The highest BCUT2D eigenvalue weighted by Crippen LogP contribution is 2.14. The molecule has 0 spiro atoms. The Labute approximate surface area is 114 Å². The van der Waals surface area contributed by atoms with Gasteiger partial charge >= 0.3 is 0 Å². The predicted molar refractivity (Wildman–Crippen MR) is 84.8 cm³/mol. The molecule has 0 atom stereocenters. The Balaban J connectivity index is 3.12. The SMILES string of the molecule is C=CC(=C)CCCCCCCCCCC(=C)C=C. The zero-order chi connectivity index (χ0) is 13.6. The predicted octanol–water partition coefficient (Wildman–Crippen LogP) is 6.37. The summed E-state index contributed by atoms with van der Waals surface area (Å²) in [6.45, 7) is 15.3. The summed E-state index contributed by atoms with van der Waals surface area (Å²) < 4.78 is 0. The van der Waals surface area contributed by atoms with E-state index in [-0.39, 0.29) is 0 Å². The fraction of sp³-hybridized carbons (Fsp3) is 0.556. The Morgan fingerprint density at radius 2 is 0.833 bits per heavy atom. The standard InChI is InChI=1S/C18H30/c1-5-17(3)15-13-11-9-7-8-10-12-14-16-18(4)6-2/h5-6H,1-4,7-16H2. The van der Waals surface area contributed by atoms with E-state index in [9.17, 15) is 0 Å². The second kappa shape index (κ2) is 12.4. The molecule has 18 heavy (non-hydrogen) atoms. The second-order valence-corrected chi connectivity index (χ2v) is 5.05. The van der Waals surface area contributed by atoms with Crippen LogP contribution in [0.1, 0.15) is 64.2 Å². The first-order chi connectivity index (χ1) is 8.70. The van der Waals surface area contributed by atoms with Crippen LogP contribution in [0.25, 0.3) is 0 Å². The van der Waals surface area contributed by atoms with Gasteiger partial charge in [-0.3, -0.25) is 0 Å². The van der Waals surface area contributed by atoms with Gasteiger partial charge in [0.1, 0.15) is 0 Å². The fourth-order valence-corrected chi connectivity index (χ4v) is 1.97. The molecule has 0 aliphatic rings. The van der Waals surface area contributed by atoms with E-state index in [1.807, 2.05) is 12.2 Å². The van der Waals surface area contributed by atoms with Crippen molar-refractivity contribution in [1.82, 2.24) is 0 Å². The van der Waals surface area contributed by atoms with Gasteiger partial charge in [0, 0.05) is 0 Å². The Bertz CT molecular complexity index is 229. The summed E-state index contributed by atoms with van der Waals surface area (Å²) in [6, 6.07) is 0. The average Bonchev–Trinajstić information content (AvgIpc) is 2.40. The molecule has 0 unspecified atom stereocenters. The number of unbranched alkanes of at least 4 members (excludes halogenated alkanes) is 7. The molecule has 0 rings (SSSR count). The van der Waals surface area contributed by atoms with Gasteiger partial charge in [0.05, 0.1) is 0 Å². The smallest absolute Gasteiger partial charge is 0.0285 e. The molecule has 0 aromatic carbocycles. The van der Waals surface area contributed by atoms with Crippen molar-refractivity contribution in [2.75, 3.05) is 0 Å². The minimum absolute atomic E-state index is 1.12. The number of hydrogen-bond acceptors (Lipinski definition) is 0. The van der Waals surface area contributed by atoms with Crippen LogP contribution in [0.5, 0.6) is 0 Å². The molecule has 0 fully saturated rings. The third-order valence-electron chi connectivity index (χ3n) is 3.32. The maximum absolute atomic E-state index is 3.93. The number of rotatable bonds is 13. The molecule has 0 aromatic rings. The van der Waals surface area contributed by atoms with Crippen molar-refractivity contribution < 1.29 is 0 Å². The van der Waals surface area contributed by atoms with Crippen molar-refractivity contribution >= 4 is 0 Å². The highest BCUT2D eigenvalue weighted by atomic mass is 14.0. The normalized spacial score (nSPS) is 10.0. The Morgan fingerprint density at radius 3 is 1.11 bits per heavy atom. The third kappa shape index (κ3) is 11.4. The first-order valence-electron chi connectivity index (χ1n) is 7.31. The van der Waals surface area contributed by atoms with Crippen molar-refractivity contribution in [1.29, 1.82) is 0 Å². The van der Waals surface area contributed by atoms with E-state index in [4.69, 9.17) is 0 Å². The molecule has 0 nitrogen and oxygen atoms in total. The van der Waals surface area contributed by atoms with E-state index in [1.165, 1.54) is 62.5 Å². The van der Waals surface area contributed by atoms with E-state index >= 15 is 0 Å². The van der Waals surface area contributed by atoms with Crippen molar-refractivity contribution in [2.24, 2.45) is 0 Å². The van der Waals surface area contributed by atoms with Crippen molar-refractivity contribution in [3.8, 4) is 0 Å². The van der Waals surface area contributed by atoms with Crippen molar-refractivity contribution in [3.05, 3.63) is 49.6 Å². The van der Waals surface area contributed by atoms with Crippen molar-refractivity contribution in [3.63, 3.8) is 0 Å². The van der Waals surface area contributed by atoms with E-state index in [0.29, 0.717) is 0 Å². The molecule has 0 bridgehead atoms. The van der Waals surface area contributed by atoms with Crippen LogP contribution in [0.3, 0.4) is 0 Å². The van der Waals surface area contributed by atoms with E-state index < -0.39 is 0 Å². The topological polar surface area (TPSA) is 0 Å². The van der Waals surface area contributed by atoms with E-state index in [2.05, 4.69) is 26.3 Å². The van der Waals surface area contributed by atoms with Gasteiger partial charge in [-0.15, -0.1) is 0 Å². The largest absolute Gasteiger partial charge is 0.0988 e. The first kappa shape index (κ1) is 17.0. The highest BCUT2D eigenvalue weighted by Gasteiger charge is 1.94. The van der Waals surface area contributed by atoms with Gasteiger partial charge < -0.3 is 0 Å². The fourth-order valence-electron chi connectivity index (χ4n) is 1.97. The maximum atomic E-state index is 3.93. The van der Waals surface area contributed by atoms with Gasteiger partial charge in [0.15, 0.2) is 0 Å². The van der Waals surface area contributed by atoms with Crippen LogP contribution >= 0.6 is 0 Å². The van der Waals surface area contributed by atoms with Crippen LogP contribution in [-0.2, 0) is 0 Å². The lowest BCUT2D eigenvalue weighted by molar-refractivity contribution is 0.568. The Morgan fingerprint density at radius 1 is 0.556 bits per heavy atom. The van der Waals surface area contributed by atoms with Gasteiger partial charge in [-0.05, 0) is 25.7 Å². The molecule has 0 aromatic heterocycles. The molecule has 102 valence electrons. The molecule has 0 saturated heterocycles. The zero-order valence-electron chi connectivity index (χ0n) is 12.1. The van der Waals surface area contributed by atoms with Gasteiger partial charge in [0.2, 0.25) is 0 Å². The molecule has 0 heteroatoms. The minimum Gasteiger partial charge on any atom is -0.0988 e. The van der Waals surface area contributed by atoms with Gasteiger partial charge in [-0.1, -0.05) is 88.1 Å². The van der Waals surface area contributed by atoms with E-state index in [0.717, 1.165) is 12.8 Å². The summed E-state index contributed by atoms with van der Waals surface area (Å²) in [5.74, 6) is 0. The van der Waals surface area contributed by atoms with Crippen LogP contribution in [0.2, 0.25) is 0 Å². The molecule has 0 aliphatic carbocycles. The van der Waals surface area contributed by atoms with E-state index in [1.54, 1.807) is 0 Å². The summed E-state index contributed by atoms with van der Waals surface area (Å²) in [5, 5.41) is 0. The van der Waals surface area contributed by atoms with Crippen molar-refractivity contribution in [2.45, 2.75) is 64.2 Å². The van der Waals surface area contributed by atoms with Gasteiger partial charge in [-0.2, -0.15) is 0 Å². The summed E-state index contributed by atoms with van der Waals surface area (Å²) in [7, 11) is 0.